The summed E-state index contributed by atoms with van der Waals surface area (Å²) in [6.07, 6.45) is -8.56. The van der Waals surface area contributed by atoms with E-state index in [1.54, 1.807) is 30.3 Å². The van der Waals surface area contributed by atoms with E-state index < -0.39 is 35.2 Å². The van der Waals surface area contributed by atoms with Crippen LogP contribution < -0.4 is 16.0 Å². The Morgan fingerprint density at radius 1 is 0.789 bits per heavy atom. The molecule has 0 aliphatic rings. The molecule has 4 aromatic rings. The predicted octanol–water partition coefficient (Wildman–Crippen LogP) is 6.34. The van der Waals surface area contributed by atoms with Gasteiger partial charge in [-0.2, -0.15) is 26.3 Å². The van der Waals surface area contributed by atoms with Crippen LogP contribution in [-0.4, -0.2) is 29.0 Å². The van der Waals surface area contributed by atoms with Gasteiger partial charge < -0.3 is 16.0 Å². The largest absolute Gasteiger partial charge is 0.416 e. The number of carbonyl (C=O) groups excluding carboxylic acids is 2. The van der Waals surface area contributed by atoms with Gasteiger partial charge in [0, 0.05) is 30.2 Å². The average Bonchev–Trinajstić information content (AvgIpc) is 2.86. The fourth-order valence-electron chi connectivity index (χ4n) is 3.56. The first-order valence-electron chi connectivity index (χ1n) is 10.8. The number of urea groups is 1. The molecule has 0 unspecified atom stereocenters. The Kier molecular flexibility index (Phi) is 6.94. The van der Waals surface area contributed by atoms with E-state index in [1.165, 1.54) is 25.4 Å². The monoisotopic (exact) mass is 533 g/mol. The molecule has 0 saturated carbocycles. The van der Waals surface area contributed by atoms with Crippen molar-refractivity contribution in [3.05, 3.63) is 83.6 Å². The Labute approximate surface area is 210 Å². The second-order valence-electron chi connectivity index (χ2n) is 7.96. The molecular weight excluding hydrogens is 516 g/mol. The van der Waals surface area contributed by atoms with Gasteiger partial charge in [-0.3, -0.25) is 9.78 Å². The van der Waals surface area contributed by atoms with Crippen molar-refractivity contribution in [1.29, 1.82) is 0 Å². The number of nitrogens with one attached hydrogen (secondary N) is 3. The number of nitrogens with zero attached hydrogens (tertiary/aromatic N) is 2. The van der Waals surface area contributed by atoms with Crippen LogP contribution in [0, 0.1) is 0 Å². The summed E-state index contributed by atoms with van der Waals surface area (Å²) in [4.78, 5) is 33.3. The molecule has 2 heterocycles. The summed E-state index contributed by atoms with van der Waals surface area (Å²) in [7, 11) is 1.48. The molecule has 0 bridgehead atoms. The van der Waals surface area contributed by atoms with Crippen LogP contribution in [0.5, 0.6) is 0 Å². The molecule has 4 rings (SSSR count). The van der Waals surface area contributed by atoms with E-state index in [0.717, 1.165) is 0 Å². The van der Waals surface area contributed by atoms with Gasteiger partial charge in [-0.15, -0.1) is 0 Å². The minimum absolute atomic E-state index is 0.0335. The van der Waals surface area contributed by atoms with E-state index in [9.17, 15) is 35.9 Å². The van der Waals surface area contributed by atoms with Crippen LogP contribution in [-0.2, 0) is 12.4 Å². The van der Waals surface area contributed by atoms with Crippen LogP contribution in [0.3, 0.4) is 0 Å². The summed E-state index contributed by atoms with van der Waals surface area (Å²) in [6.45, 7) is 0. The zero-order valence-corrected chi connectivity index (χ0v) is 19.3. The summed E-state index contributed by atoms with van der Waals surface area (Å²) in [5, 5.41) is 6.88. The maximum Gasteiger partial charge on any atom is 0.416 e. The second-order valence-corrected chi connectivity index (χ2v) is 7.96. The van der Waals surface area contributed by atoms with Gasteiger partial charge in [-0.1, -0.05) is 12.1 Å². The van der Waals surface area contributed by atoms with E-state index in [1.807, 2.05) is 5.32 Å². The van der Waals surface area contributed by atoms with Crippen LogP contribution in [0.4, 0.5) is 42.5 Å². The molecule has 0 saturated heterocycles. The van der Waals surface area contributed by atoms with E-state index >= 15 is 0 Å². The minimum atomic E-state index is -5.05. The number of carbonyl (C=O) groups is 2. The van der Waals surface area contributed by atoms with Gasteiger partial charge in [0.1, 0.15) is 5.52 Å². The number of halogens is 6. The molecule has 2 aromatic carbocycles. The van der Waals surface area contributed by atoms with E-state index in [4.69, 9.17) is 0 Å². The summed E-state index contributed by atoms with van der Waals surface area (Å²) in [5.74, 6) is -0.365. The van der Waals surface area contributed by atoms with Crippen molar-refractivity contribution in [2.75, 3.05) is 17.7 Å². The van der Waals surface area contributed by atoms with Crippen LogP contribution in [0.25, 0.3) is 22.3 Å². The number of pyridine rings is 2. The average molecular weight is 533 g/mol. The van der Waals surface area contributed by atoms with E-state index in [-0.39, 0.29) is 17.7 Å². The number of fused-ring (bicyclic) bond motifs is 1. The highest BCUT2D eigenvalue weighted by Gasteiger charge is 2.37. The van der Waals surface area contributed by atoms with Gasteiger partial charge in [0.2, 0.25) is 0 Å². The number of amides is 3. The zero-order valence-electron chi connectivity index (χ0n) is 19.3. The van der Waals surface area contributed by atoms with Gasteiger partial charge in [-0.25, -0.2) is 9.78 Å². The summed E-state index contributed by atoms with van der Waals surface area (Å²) in [6, 6.07) is 10.7. The third-order valence-electron chi connectivity index (χ3n) is 5.32. The Morgan fingerprint density at radius 2 is 1.39 bits per heavy atom. The molecule has 3 amide bonds. The van der Waals surface area contributed by atoms with Crippen molar-refractivity contribution < 1.29 is 35.9 Å². The van der Waals surface area contributed by atoms with Crippen LogP contribution in [0.1, 0.15) is 21.5 Å². The topological polar surface area (TPSA) is 96.0 Å². The number of rotatable bonds is 4. The van der Waals surface area contributed by atoms with Crippen molar-refractivity contribution in [2.24, 2.45) is 0 Å². The Hall–Kier alpha value is -4.68. The second kappa shape index (κ2) is 10.00. The highest BCUT2D eigenvalue weighted by molar-refractivity contribution is 6.05. The van der Waals surface area contributed by atoms with Crippen molar-refractivity contribution in [3.63, 3.8) is 0 Å². The normalized spacial score (nSPS) is 11.8. The highest BCUT2D eigenvalue weighted by atomic mass is 19.4. The number of benzene rings is 2. The molecule has 196 valence electrons. The standard InChI is InChI=1S/C25H17F6N5O2/c1-32-22(37)18-12-20(36-19-3-2-8-33-21(18)19)13-4-6-16(7-5-13)34-23(38)35-17-10-14(24(26,27)28)9-15(11-17)25(29,30)31/h2-12H,1H3,(H,32,37)(H2,34,35,38). The summed E-state index contributed by atoms with van der Waals surface area (Å²) >= 11 is 0. The van der Waals surface area contributed by atoms with Crippen molar-refractivity contribution in [2.45, 2.75) is 12.4 Å². The molecular formula is C25H17F6N5O2. The molecule has 0 spiro atoms. The molecule has 13 heteroatoms. The number of hydrogen-bond acceptors (Lipinski definition) is 4. The minimum Gasteiger partial charge on any atom is -0.355 e. The fraction of sp³-hybridized carbons (Fsp3) is 0.120. The highest BCUT2D eigenvalue weighted by Crippen LogP contribution is 2.37. The van der Waals surface area contributed by atoms with Gasteiger partial charge in [0.05, 0.1) is 27.9 Å². The number of anilines is 2. The molecule has 0 fully saturated rings. The first kappa shape index (κ1) is 26.4. The fourth-order valence-corrected chi connectivity index (χ4v) is 3.56. The molecule has 0 aliphatic carbocycles. The van der Waals surface area contributed by atoms with Crippen LogP contribution in [0.15, 0.2) is 66.9 Å². The van der Waals surface area contributed by atoms with Crippen molar-refractivity contribution in [3.8, 4) is 11.3 Å². The van der Waals surface area contributed by atoms with Gasteiger partial charge in [-0.05, 0) is 48.5 Å². The van der Waals surface area contributed by atoms with Gasteiger partial charge in [0.25, 0.3) is 5.91 Å². The molecule has 0 atom stereocenters. The quantitative estimate of drug-likeness (QED) is 0.267. The summed E-state index contributed by atoms with van der Waals surface area (Å²) in [5.41, 5.74) is -1.40. The van der Waals surface area contributed by atoms with Crippen LogP contribution >= 0.6 is 0 Å². The smallest absolute Gasteiger partial charge is 0.355 e. The lowest BCUT2D eigenvalue weighted by molar-refractivity contribution is -0.143. The lowest BCUT2D eigenvalue weighted by Crippen LogP contribution is -2.20. The molecule has 38 heavy (non-hydrogen) atoms. The Morgan fingerprint density at radius 3 is 1.97 bits per heavy atom. The van der Waals surface area contributed by atoms with Gasteiger partial charge >= 0.3 is 18.4 Å². The maximum absolute atomic E-state index is 13.0. The number of alkyl halides is 6. The lowest BCUT2D eigenvalue weighted by Gasteiger charge is -2.15. The Bertz CT molecular complexity index is 1490. The first-order chi connectivity index (χ1) is 17.8. The van der Waals surface area contributed by atoms with Crippen LogP contribution in [0.2, 0.25) is 0 Å². The first-order valence-corrected chi connectivity index (χ1v) is 10.8. The maximum atomic E-state index is 13.0. The molecule has 0 aliphatic heterocycles. The van der Waals surface area contributed by atoms with E-state index in [0.29, 0.717) is 40.0 Å². The SMILES string of the molecule is CNC(=O)c1cc(-c2ccc(NC(=O)Nc3cc(C(F)(F)F)cc(C(F)(F)F)c3)cc2)nc2cccnc12. The molecule has 2 aromatic heterocycles. The predicted molar refractivity (Wildman–Crippen MR) is 127 cm³/mol. The third-order valence-corrected chi connectivity index (χ3v) is 5.32. The lowest BCUT2D eigenvalue weighted by atomic mass is 10.1. The summed E-state index contributed by atoms with van der Waals surface area (Å²) < 4.78 is 78.3. The number of hydrogen-bond donors (Lipinski definition) is 3. The zero-order chi connectivity index (χ0) is 27.7. The molecule has 0 radical (unpaired) electrons. The molecule has 3 N–H and O–H groups in total. The van der Waals surface area contributed by atoms with Crippen molar-refractivity contribution in [1.82, 2.24) is 15.3 Å². The Balaban J connectivity index is 1.55. The van der Waals surface area contributed by atoms with Gasteiger partial charge in [0.15, 0.2) is 0 Å². The van der Waals surface area contributed by atoms with Crippen molar-refractivity contribution >= 4 is 34.3 Å². The third kappa shape index (κ3) is 5.82. The van der Waals surface area contributed by atoms with E-state index in [2.05, 4.69) is 20.6 Å². The number of aromatic nitrogens is 2. The molecule has 7 nitrogen and oxygen atoms in total.